The molecule has 1 aliphatic rings. The van der Waals surface area contributed by atoms with Crippen LogP contribution >= 0.6 is 11.6 Å². The molecule has 0 bridgehead atoms. The van der Waals surface area contributed by atoms with Crippen LogP contribution in [0.1, 0.15) is 30.0 Å². The Balaban J connectivity index is 2.17. The van der Waals surface area contributed by atoms with Crippen molar-refractivity contribution < 1.29 is 0 Å². The van der Waals surface area contributed by atoms with Crippen molar-refractivity contribution in [1.29, 1.82) is 0 Å². The van der Waals surface area contributed by atoms with Crippen LogP contribution in [0.5, 0.6) is 0 Å². The highest BCUT2D eigenvalue weighted by Gasteiger charge is 2.17. The second-order valence-electron chi connectivity index (χ2n) is 3.91. The van der Waals surface area contributed by atoms with Gasteiger partial charge in [0.15, 0.2) is 0 Å². The van der Waals surface area contributed by atoms with Crippen LogP contribution in [0.15, 0.2) is 12.1 Å². The van der Waals surface area contributed by atoms with Crippen LogP contribution < -0.4 is 11.1 Å². The molecule has 0 aliphatic carbocycles. The highest BCUT2D eigenvalue weighted by atomic mass is 35.5. The van der Waals surface area contributed by atoms with Gasteiger partial charge in [0, 0.05) is 23.7 Å². The lowest BCUT2D eigenvalue weighted by molar-refractivity contribution is 0.453. The molecule has 0 amide bonds. The Labute approximate surface area is 95.0 Å². The summed E-state index contributed by atoms with van der Waals surface area (Å²) in [6.45, 7) is 2.60. The molecule has 0 saturated carbocycles. The van der Waals surface area contributed by atoms with Crippen molar-refractivity contribution in [3.05, 3.63) is 28.5 Å². The van der Waals surface area contributed by atoms with Crippen molar-refractivity contribution in [2.45, 2.75) is 25.3 Å². The van der Waals surface area contributed by atoms with Gasteiger partial charge in [-0.15, -0.1) is 0 Å². The zero-order valence-corrected chi connectivity index (χ0v) is 9.43. The topological polar surface area (TPSA) is 50.9 Å². The summed E-state index contributed by atoms with van der Waals surface area (Å²) < 4.78 is 0. The van der Waals surface area contributed by atoms with E-state index in [1.165, 1.54) is 0 Å². The molecular weight excluding hydrogens is 210 g/mol. The summed E-state index contributed by atoms with van der Waals surface area (Å²) >= 11 is 6.04. The number of hydrogen-bond acceptors (Lipinski definition) is 3. The number of rotatable bonds is 2. The quantitative estimate of drug-likeness (QED) is 0.753. The summed E-state index contributed by atoms with van der Waals surface area (Å²) in [5.74, 6) is 0.551. The van der Waals surface area contributed by atoms with Gasteiger partial charge in [-0.05, 0) is 32.0 Å². The summed E-state index contributed by atoms with van der Waals surface area (Å²) in [6.07, 6.45) is 2.29. The predicted octanol–water partition coefficient (Wildman–Crippen LogP) is 1.66. The summed E-state index contributed by atoms with van der Waals surface area (Å²) in [6, 6.07) is 4.05. The second-order valence-corrected chi connectivity index (χ2v) is 4.27. The fourth-order valence-corrected chi connectivity index (χ4v) is 2.21. The number of nitrogens with two attached hydrogens (primary N) is 1. The van der Waals surface area contributed by atoms with Gasteiger partial charge in [0.05, 0.1) is 0 Å². The van der Waals surface area contributed by atoms with E-state index in [1.807, 2.05) is 6.07 Å². The van der Waals surface area contributed by atoms with Gasteiger partial charge in [-0.2, -0.15) is 0 Å². The number of hydrogen-bond donors (Lipinski definition) is 2. The molecule has 1 aromatic heterocycles. The fraction of sp³-hybridized carbons (Fsp3) is 0.545. The van der Waals surface area contributed by atoms with Crippen LogP contribution in [0.2, 0.25) is 5.15 Å². The summed E-state index contributed by atoms with van der Waals surface area (Å²) in [5.41, 5.74) is 7.58. The first-order valence-corrected chi connectivity index (χ1v) is 5.75. The highest BCUT2D eigenvalue weighted by Crippen LogP contribution is 2.25. The highest BCUT2D eigenvalue weighted by molar-refractivity contribution is 6.30. The molecular formula is C11H16ClN3. The van der Waals surface area contributed by atoms with Gasteiger partial charge in [0.1, 0.15) is 5.15 Å². The SMILES string of the molecule is NCc1ccc(C2CCNCC2)nc1Cl. The van der Waals surface area contributed by atoms with Gasteiger partial charge in [0.2, 0.25) is 0 Å². The molecule has 0 unspecified atom stereocenters. The van der Waals surface area contributed by atoms with Crippen LogP contribution in [0.4, 0.5) is 0 Å². The van der Waals surface area contributed by atoms with Gasteiger partial charge >= 0.3 is 0 Å². The first kappa shape index (κ1) is 10.9. The molecule has 0 atom stereocenters. The molecule has 1 aromatic rings. The minimum absolute atomic E-state index is 0.457. The molecule has 0 aromatic carbocycles. The van der Waals surface area contributed by atoms with Crippen molar-refractivity contribution in [2.24, 2.45) is 5.73 Å². The third-order valence-corrected chi connectivity index (χ3v) is 3.25. The van der Waals surface area contributed by atoms with Crippen molar-refractivity contribution in [3.8, 4) is 0 Å². The van der Waals surface area contributed by atoms with E-state index in [1.54, 1.807) is 0 Å². The van der Waals surface area contributed by atoms with Crippen molar-refractivity contribution in [2.75, 3.05) is 13.1 Å². The first-order chi connectivity index (χ1) is 7.31. The maximum atomic E-state index is 6.04. The molecule has 4 heteroatoms. The molecule has 1 fully saturated rings. The van der Waals surface area contributed by atoms with E-state index in [0.717, 1.165) is 37.2 Å². The Morgan fingerprint density at radius 1 is 1.40 bits per heavy atom. The number of piperidine rings is 1. The van der Waals surface area contributed by atoms with Gasteiger partial charge < -0.3 is 11.1 Å². The molecule has 2 rings (SSSR count). The zero-order chi connectivity index (χ0) is 10.7. The minimum atomic E-state index is 0.457. The smallest absolute Gasteiger partial charge is 0.133 e. The van der Waals surface area contributed by atoms with Crippen molar-refractivity contribution in [1.82, 2.24) is 10.3 Å². The molecule has 15 heavy (non-hydrogen) atoms. The Morgan fingerprint density at radius 2 is 2.13 bits per heavy atom. The van der Waals surface area contributed by atoms with E-state index in [-0.39, 0.29) is 0 Å². The van der Waals surface area contributed by atoms with E-state index in [2.05, 4.69) is 16.4 Å². The fourth-order valence-electron chi connectivity index (χ4n) is 1.97. The van der Waals surface area contributed by atoms with E-state index < -0.39 is 0 Å². The standard InChI is InChI=1S/C11H16ClN3/c12-11-9(7-13)1-2-10(15-11)8-3-5-14-6-4-8/h1-2,8,14H,3-7,13H2. The molecule has 0 spiro atoms. The normalized spacial score (nSPS) is 18.0. The third-order valence-electron chi connectivity index (χ3n) is 2.92. The van der Waals surface area contributed by atoms with Crippen LogP contribution in [-0.2, 0) is 6.54 Å². The lowest BCUT2D eigenvalue weighted by Crippen LogP contribution is -2.27. The average molecular weight is 226 g/mol. The van der Waals surface area contributed by atoms with E-state index in [9.17, 15) is 0 Å². The zero-order valence-electron chi connectivity index (χ0n) is 8.67. The molecule has 82 valence electrons. The predicted molar refractivity (Wildman–Crippen MR) is 62.0 cm³/mol. The lowest BCUT2D eigenvalue weighted by atomic mass is 9.94. The summed E-state index contributed by atoms with van der Waals surface area (Å²) in [5, 5.41) is 3.90. The van der Waals surface area contributed by atoms with Gasteiger partial charge in [-0.1, -0.05) is 17.7 Å². The summed E-state index contributed by atoms with van der Waals surface area (Å²) in [4.78, 5) is 4.43. The number of pyridine rings is 1. The maximum absolute atomic E-state index is 6.04. The van der Waals surface area contributed by atoms with E-state index in [4.69, 9.17) is 17.3 Å². The largest absolute Gasteiger partial charge is 0.326 e. The average Bonchev–Trinajstić information content (AvgIpc) is 2.30. The van der Waals surface area contributed by atoms with E-state index >= 15 is 0 Å². The van der Waals surface area contributed by atoms with Crippen molar-refractivity contribution in [3.63, 3.8) is 0 Å². The van der Waals surface area contributed by atoms with E-state index in [0.29, 0.717) is 17.6 Å². The molecule has 3 N–H and O–H groups in total. The molecule has 1 aliphatic heterocycles. The van der Waals surface area contributed by atoms with Gasteiger partial charge in [-0.25, -0.2) is 4.98 Å². The van der Waals surface area contributed by atoms with Crippen LogP contribution in [0.25, 0.3) is 0 Å². The molecule has 0 radical (unpaired) electrons. The third kappa shape index (κ3) is 2.48. The first-order valence-electron chi connectivity index (χ1n) is 5.37. The van der Waals surface area contributed by atoms with Gasteiger partial charge in [-0.3, -0.25) is 0 Å². The Bertz CT molecular complexity index is 335. The minimum Gasteiger partial charge on any atom is -0.326 e. The van der Waals surface area contributed by atoms with Crippen LogP contribution in [0, 0.1) is 0 Å². The Morgan fingerprint density at radius 3 is 2.73 bits per heavy atom. The number of halogens is 1. The Kier molecular flexibility index (Phi) is 3.57. The molecule has 3 nitrogen and oxygen atoms in total. The lowest BCUT2D eigenvalue weighted by Gasteiger charge is -2.22. The monoisotopic (exact) mass is 225 g/mol. The maximum Gasteiger partial charge on any atom is 0.133 e. The number of nitrogens with zero attached hydrogens (tertiary/aromatic N) is 1. The van der Waals surface area contributed by atoms with Crippen molar-refractivity contribution >= 4 is 11.6 Å². The van der Waals surface area contributed by atoms with Crippen LogP contribution in [-0.4, -0.2) is 18.1 Å². The molecule has 1 saturated heterocycles. The van der Waals surface area contributed by atoms with Crippen LogP contribution in [0.3, 0.4) is 0 Å². The molecule has 2 heterocycles. The second kappa shape index (κ2) is 4.92. The summed E-state index contributed by atoms with van der Waals surface area (Å²) in [7, 11) is 0. The number of aromatic nitrogens is 1. The number of nitrogens with one attached hydrogen (secondary N) is 1. The van der Waals surface area contributed by atoms with Gasteiger partial charge in [0.25, 0.3) is 0 Å². The Hall–Kier alpha value is -0.640.